The molecule has 0 atom stereocenters. The lowest BCUT2D eigenvalue weighted by molar-refractivity contribution is 0.121. The Morgan fingerprint density at radius 2 is 1.81 bits per heavy atom. The molecule has 2 aromatic heterocycles. The Morgan fingerprint density at radius 1 is 1.07 bits per heavy atom. The van der Waals surface area contributed by atoms with E-state index in [-0.39, 0.29) is 11.4 Å². The number of rotatable bonds is 4. The summed E-state index contributed by atoms with van der Waals surface area (Å²) in [5.41, 5.74) is 2.74. The van der Waals surface area contributed by atoms with Crippen molar-refractivity contribution in [2.45, 2.75) is 20.0 Å². The van der Waals surface area contributed by atoms with E-state index in [1.807, 2.05) is 24.4 Å². The summed E-state index contributed by atoms with van der Waals surface area (Å²) < 4.78 is 5.34. The molecule has 4 rings (SSSR count). The van der Waals surface area contributed by atoms with Crippen LogP contribution in [0.25, 0.3) is 11.0 Å². The lowest BCUT2D eigenvalue weighted by Crippen LogP contribution is -2.45. The molecule has 1 aromatic carbocycles. The monoisotopic (exact) mass is 365 g/mol. The van der Waals surface area contributed by atoms with Gasteiger partial charge in [0.05, 0.1) is 5.69 Å². The van der Waals surface area contributed by atoms with E-state index in [0.29, 0.717) is 17.7 Å². The van der Waals surface area contributed by atoms with Crippen LogP contribution < -0.4 is 5.63 Å². The van der Waals surface area contributed by atoms with Crippen molar-refractivity contribution >= 4 is 11.0 Å². The maximum Gasteiger partial charge on any atom is 0.336 e. The van der Waals surface area contributed by atoms with Gasteiger partial charge in [-0.1, -0.05) is 6.07 Å². The van der Waals surface area contributed by atoms with Gasteiger partial charge in [-0.25, -0.2) is 4.79 Å². The van der Waals surface area contributed by atoms with E-state index in [2.05, 4.69) is 20.9 Å². The van der Waals surface area contributed by atoms with Crippen molar-refractivity contribution in [3.05, 3.63) is 69.8 Å². The molecule has 140 valence electrons. The van der Waals surface area contributed by atoms with Gasteiger partial charge < -0.3 is 9.52 Å². The van der Waals surface area contributed by atoms with E-state index >= 15 is 0 Å². The number of hydrogen-bond acceptors (Lipinski definition) is 6. The minimum atomic E-state index is -0.375. The van der Waals surface area contributed by atoms with Gasteiger partial charge in [0.25, 0.3) is 0 Å². The fourth-order valence-corrected chi connectivity index (χ4v) is 3.61. The van der Waals surface area contributed by atoms with Gasteiger partial charge in [0.15, 0.2) is 0 Å². The maximum atomic E-state index is 12.0. The summed E-state index contributed by atoms with van der Waals surface area (Å²) in [6.07, 6.45) is 1.83. The number of phenols is 1. The summed E-state index contributed by atoms with van der Waals surface area (Å²) >= 11 is 0. The molecule has 27 heavy (non-hydrogen) atoms. The van der Waals surface area contributed by atoms with Gasteiger partial charge in [-0.3, -0.25) is 14.8 Å². The zero-order valence-corrected chi connectivity index (χ0v) is 15.4. The second-order valence-corrected chi connectivity index (χ2v) is 7.05. The number of hydrogen-bond donors (Lipinski definition) is 1. The molecule has 1 fully saturated rings. The van der Waals surface area contributed by atoms with Crippen molar-refractivity contribution in [2.75, 3.05) is 26.2 Å². The molecule has 1 saturated heterocycles. The Labute approximate surface area is 157 Å². The van der Waals surface area contributed by atoms with Gasteiger partial charge in [0, 0.05) is 62.5 Å². The third-order valence-electron chi connectivity index (χ3n) is 5.19. The van der Waals surface area contributed by atoms with Crippen molar-refractivity contribution in [1.82, 2.24) is 14.8 Å². The van der Waals surface area contributed by atoms with Gasteiger partial charge in [-0.2, -0.15) is 0 Å². The number of nitrogens with zero attached hydrogens (tertiary/aromatic N) is 3. The smallest absolute Gasteiger partial charge is 0.336 e. The quantitative estimate of drug-likeness (QED) is 0.717. The highest BCUT2D eigenvalue weighted by atomic mass is 16.4. The number of aromatic hydroxyl groups is 1. The molecule has 3 aromatic rings. The van der Waals surface area contributed by atoms with Crippen LogP contribution in [-0.4, -0.2) is 46.1 Å². The van der Waals surface area contributed by atoms with Gasteiger partial charge >= 0.3 is 5.63 Å². The topological polar surface area (TPSA) is 69.8 Å². The zero-order chi connectivity index (χ0) is 18.8. The van der Waals surface area contributed by atoms with Gasteiger partial charge in [-0.05, 0) is 36.8 Å². The van der Waals surface area contributed by atoms with Crippen molar-refractivity contribution in [3.8, 4) is 5.75 Å². The molecule has 0 saturated carbocycles. The predicted molar refractivity (Wildman–Crippen MR) is 104 cm³/mol. The number of benzene rings is 1. The largest absolute Gasteiger partial charge is 0.508 e. The standard InChI is InChI=1S/C21H23N3O3/c1-15-19(25)6-5-18-16(12-20(26)27-21(15)18)13-23-8-10-24(11-9-23)14-17-4-2-3-7-22-17/h2-7,12,25H,8-11,13-14H2,1H3. The van der Waals surface area contributed by atoms with Crippen molar-refractivity contribution in [2.24, 2.45) is 0 Å². The van der Waals surface area contributed by atoms with Crippen molar-refractivity contribution in [1.29, 1.82) is 0 Å². The molecule has 6 nitrogen and oxygen atoms in total. The minimum absolute atomic E-state index is 0.144. The molecule has 0 unspecified atom stereocenters. The first-order chi connectivity index (χ1) is 13.1. The minimum Gasteiger partial charge on any atom is -0.508 e. The SMILES string of the molecule is Cc1c(O)ccc2c(CN3CCN(Cc4ccccn4)CC3)cc(=O)oc12. The average Bonchev–Trinajstić information content (AvgIpc) is 2.67. The summed E-state index contributed by atoms with van der Waals surface area (Å²) in [6.45, 7) is 7.14. The van der Waals surface area contributed by atoms with Crippen LogP contribution in [0, 0.1) is 6.92 Å². The van der Waals surface area contributed by atoms with E-state index in [4.69, 9.17) is 4.42 Å². The van der Waals surface area contributed by atoms with Crippen LogP contribution in [0.1, 0.15) is 16.8 Å². The van der Waals surface area contributed by atoms with Crippen molar-refractivity contribution in [3.63, 3.8) is 0 Å². The summed E-state index contributed by atoms with van der Waals surface area (Å²) in [5, 5.41) is 10.8. The fraction of sp³-hybridized carbons (Fsp3) is 0.333. The maximum absolute atomic E-state index is 12.0. The van der Waals surface area contributed by atoms with Crippen LogP contribution in [-0.2, 0) is 13.1 Å². The van der Waals surface area contributed by atoms with Crippen LogP contribution in [0.15, 0.2) is 51.8 Å². The molecule has 1 aliphatic heterocycles. The first kappa shape index (κ1) is 17.7. The molecule has 3 heterocycles. The molecule has 0 amide bonds. The number of aryl methyl sites for hydroxylation is 1. The Bertz CT molecular complexity index is 993. The fourth-order valence-electron chi connectivity index (χ4n) is 3.61. The molecule has 1 aliphatic rings. The summed E-state index contributed by atoms with van der Waals surface area (Å²) in [6, 6.07) is 11.1. The second-order valence-electron chi connectivity index (χ2n) is 7.05. The third kappa shape index (κ3) is 3.86. The highest BCUT2D eigenvalue weighted by molar-refractivity contribution is 5.84. The number of fused-ring (bicyclic) bond motifs is 1. The molecular weight excluding hydrogens is 342 g/mol. The van der Waals surface area contributed by atoms with Crippen LogP contribution >= 0.6 is 0 Å². The van der Waals surface area contributed by atoms with E-state index in [1.165, 1.54) is 0 Å². The Balaban J connectivity index is 1.46. The van der Waals surface area contributed by atoms with E-state index < -0.39 is 0 Å². The normalized spacial score (nSPS) is 16.0. The summed E-state index contributed by atoms with van der Waals surface area (Å²) in [4.78, 5) is 21.1. The van der Waals surface area contributed by atoms with E-state index in [0.717, 1.165) is 49.4 Å². The van der Waals surface area contributed by atoms with Crippen LogP contribution in [0.2, 0.25) is 0 Å². The number of pyridine rings is 1. The zero-order valence-electron chi connectivity index (χ0n) is 15.4. The lowest BCUT2D eigenvalue weighted by atomic mass is 10.1. The number of aromatic nitrogens is 1. The van der Waals surface area contributed by atoms with Gasteiger partial charge in [0.1, 0.15) is 11.3 Å². The molecule has 0 radical (unpaired) electrons. The van der Waals surface area contributed by atoms with E-state index in [9.17, 15) is 9.90 Å². The summed E-state index contributed by atoms with van der Waals surface area (Å²) in [7, 11) is 0. The van der Waals surface area contributed by atoms with Crippen molar-refractivity contribution < 1.29 is 9.52 Å². The number of phenolic OH excluding ortho intramolecular Hbond substituents is 1. The van der Waals surface area contributed by atoms with E-state index in [1.54, 1.807) is 19.1 Å². The Kier molecular flexibility index (Phi) is 4.92. The van der Waals surface area contributed by atoms with Crippen LogP contribution in [0.3, 0.4) is 0 Å². The number of piperazine rings is 1. The molecule has 1 N–H and O–H groups in total. The third-order valence-corrected chi connectivity index (χ3v) is 5.19. The van der Waals surface area contributed by atoms with Gasteiger partial charge in [-0.15, -0.1) is 0 Å². The highest BCUT2D eigenvalue weighted by Crippen LogP contribution is 2.28. The van der Waals surface area contributed by atoms with Gasteiger partial charge in [0.2, 0.25) is 0 Å². The Morgan fingerprint density at radius 3 is 2.52 bits per heavy atom. The van der Waals surface area contributed by atoms with Crippen LogP contribution in [0.4, 0.5) is 0 Å². The van der Waals surface area contributed by atoms with Crippen LogP contribution in [0.5, 0.6) is 5.75 Å². The second kappa shape index (κ2) is 7.50. The molecule has 6 heteroatoms. The first-order valence-electron chi connectivity index (χ1n) is 9.20. The lowest BCUT2D eigenvalue weighted by Gasteiger charge is -2.34. The highest BCUT2D eigenvalue weighted by Gasteiger charge is 2.19. The Hall–Kier alpha value is -2.70. The molecular formula is C21H23N3O3. The molecule has 0 spiro atoms. The molecule has 0 aliphatic carbocycles. The summed E-state index contributed by atoms with van der Waals surface area (Å²) in [5.74, 6) is 0.144. The average molecular weight is 365 g/mol. The first-order valence-corrected chi connectivity index (χ1v) is 9.20. The predicted octanol–water partition coefficient (Wildman–Crippen LogP) is 2.52. The molecule has 0 bridgehead atoms.